The van der Waals surface area contributed by atoms with Crippen LogP contribution in [0.2, 0.25) is 0 Å². The van der Waals surface area contributed by atoms with E-state index >= 15 is 0 Å². The maximum atomic E-state index is 13.8. The Morgan fingerprint density at radius 1 is 1.17 bits per heavy atom. The molecule has 0 saturated carbocycles. The van der Waals surface area contributed by atoms with Crippen molar-refractivity contribution in [2.45, 2.75) is 59.0 Å². The first-order chi connectivity index (χ1) is 17.2. The van der Waals surface area contributed by atoms with E-state index in [1.54, 1.807) is 15.9 Å². The van der Waals surface area contributed by atoms with Gasteiger partial charge in [-0.25, -0.2) is 4.98 Å². The molecule has 36 heavy (non-hydrogen) atoms. The van der Waals surface area contributed by atoms with E-state index in [1.807, 2.05) is 57.2 Å². The van der Waals surface area contributed by atoms with Crippen molar-refractivity contribution in [3.8, 4) is 5.69 Å². The molecule has 8 heteroatoms. The highest BCUT2D eigenvalue weighted by Gasteiger charge is 2.20. The number of nitrogens with zero attached hydrogens (tertiary/aromatic N) is 2. The maximum Gasteiger partial charge on any atom is 0.267 e. The summed E-state index contributed by atoms with van der Waals surface area (Å²) in [4.78, 5) is 33.7. The molecular formula is C28H30BrN3O2S2. The Bertz CT molecular complexity index is 1510. The first-order valence-electron chi connectivity index (χ1n) is 12.1. The van der Waals surface area contributed by atoms with E-state index in [2.05, 4.69) is 35.1 Å². The molecule has 0 aliphatic heterocycles. The second kappa shape index (κ2) is 11.3. The van der Waals surface area contributed by atoms with Crippen molar-refractivity contribution in [3.63, 3.8) is 0 Å². The fourth-order valence-corrected chi connectivity index (χ4v) is 7.10. The number of rotatable bonds is 8. The number of carbonyl (C=O) groups excluding carboxylic acids is 1. The van der Waals surface area contributed by atoms with Gasteiger partial charge in [0.2, 0.25) is 5.91 Å². The lowest BCUT2D eigenvalue weighted by Crippen LogP contribution is -2.23. The molecule has 2 aromatic carbocycles. The zero-order chi connectivity index (χ0) is 26.0. The van der Waals surface area contributed by atoms with Crippen LogP contribution < -0.4 is 10.9 Å². The van der Waals surface area contributed by atoms with Crippen molar-refractivity contribution in [2.75, 3.05) is 11.1 Å². The number of carbonyl (C=O) groups is 1. The second-order valence-electron chi connectivity index (χ2n) is 8.90. The summed E-state index contributed by atoms with van der Waals surface area (Å²) < 4.78 is 2.66. The number of benzene rings is 2. The Hall–Kier alpha value is -2.42. The van der Waals surface area contributed by atoms with E-state index < -0.39 is 0 Å². The fourth-order valence-electron chi connectivity index (χ4n) is 4.34. The van der Waals surface area contributed by atoms with Gasteiger partial charge in [-0.05, 0) is 80.1 Å². The lowest BCUT2D eigenvalue weighted by molar-refractivity contribution is -0.113. The van der Waals surface area contributed by atoms with Gasteiger partial charge in [0.15, 0.2) is 5.16 Å². The van der Waals surface area contributed by atoms with Gasteiger partial charge in [0.05, 0.1) is 16.8 Å². The van der Waals surface area contributed by atoms with Crippen molar-refractivity contribution in [1.29, 1.82) is 0 Å². The third kappa shape index (κ3) is 5.45. The van der Waals surface area contributed by atoms with Crippen LogP contribution in [0.3, 0.4) is 0 Å². The standard InChI is InChI=1S/C28H30BrN3O2S2/c1-6-9-22-18(5)24-26(36-22)31-28(32(27(24)34)21-11-8-10-16(3)12-21)35-15-23(33)30-25-17(4)13-20(29)14-19(25)7-2/h8,10-14H,6-7,9,15H2,1-5H3,(H,30,33). The average Bonchev–Trinajstić information content (AvgIpc) is 3.14. The molecule has 0 saturated heterocycles. The van der Waals surface area contributed by atoms with E-state index in [4.69, 9.17) is 4.98 Å². The molecule has 188 valence electrons. The highest BCUT2D eigenvalue weighted by molar-refractivity contribution is 9.10. The van der Waals surface area contributed by atoms with Crippen LogP contribution in [0.1, 0.15) is 47.4 Å². The molecule has 0 atom stereocenters. The molecule has 4 aromatic rings. The first kappa shape index (κ1) is 26.6. The third-order valence-electron chi connectivity index (χ3n) is 6.13. The number of hydrogen-bond acceptors (Lipinski definition) is 5. The monoisotopic (exact) mass is 583 g/mol. The zero-order valence-electron chi connectivity index (χ0n) is 21.2. The quantitative estimate of drug-likeness (QED) is 0.173. The Morgan fingerprint density at radius 2 is 1.94 bits per heavy atom. The van der Waals surface area contributed by atoms with Gasteiger partial charge in [-0.2, -0.15) is 0 Å². The molecule has 0 radical (unpaired) electrons. The van der Waals surface area contributed by atoms with Crippen LogP contribution in [0.4, 0.5) is 5.69 Å². The number of thiophene rings is 1. The number of hydrogen-bond donors (Lipinski definition) is 1. The Kier molecular flexibility index (Phi) is 8.37. The fraction of sp³-hybridized carbons (Fsp3) is 0.321. The minimum atomic E-state index is -0.126. The van der Waals surface area contributed by atoms with Crippen LogP contribution in [-0.2, 0) is 17.6 Å². The number of aryl methyl sites for hydroxylation is 5. The Morgan fingerprint density at radius 3 is 2.64 bits per heavy atom. The van der Waals surface area contributed by atoms with Crippen LogP contribution in [-0.4, -0.2) is 21.2 Å². The van der Waals surface area contributed by atoms with E-state index in [9.17, 15) is 9.59 Å². The molecule has 0 unspecified atom stereocenters. The van der Waals surface area contributed by atoms with Crippen molar-refractivity contribution < 1.29 is 4.79 Å². The first-order valence-corrected chi connectivity index (χ1v) is 14.7. The molecule has 2 heterocycles. The van der Waals surface area contributed by atoms with Gasteiger partial charge in [-0.1, -0.05) is 60.1 Å². The van der Waals surface area contributed by atoms with Crippen LogP contribution in [0.25, 0.3) is 15.9 Å². The molecule has 0 fully saturated rings. The molecule has 0 spiro atoms. The summed E-state index contributed by atoms with van der Waals surface area (Å²) in [7, 11) is 0. The number of halogens is 1. The summed E-state index contributed by atoms with van der Waals surface area (Å²) in [5.41, 5.74) is 5.69. The molecule has 0 aliphatic rings. The number of aromatic nitrogens is 2. The predicted molar refractivity (Wildman–Crippen MR) is 156 cm³/mol. The van der Waals surface area contributed by atoms with Crippen LogP contribution in [0, 0.1) is 20.8 Å². The van der Waals surface area contributed by atoms with Crippen LogP contribution in [0.15, 0.2) is 50.8 Å². The highest BCUT2D eigenvalue weighted by atomic mass is 79.9. The lowest BCUT2D eigenvalue weighted by atomic mass is 10.1. The number of nitrogens with one attached hydrogen (secondary N) is 1. The highest BCUT2D eigenvalue weighted by Crippen LogP contribution is 2.32. The minimum Gasteiger partial charge on any atom is -0.325 e. The Balaban J connectivity index is 1.72. The van der Waals surface area contributed by atoms with E-state index in [0.717, 1.165) is 62.2 Å². The second-order valence-corrected chi connectivity index (χ2v) is 11.8. The summed E-state index contributed by atoms with van der Waals surface area (Å²) in [6.07, 6.45) is 2.75. The molecule has 5 nitrogen and oxygen atoms in total. The lowest BCUT2D eigenvalue weighted by Gasteiger charge is -2.15. The van der Waals surface area contributed by atoms with Gasteiger partial charge in [-0.3, -0.25) is 14.2 Å². The van der Waals surface area contributed by atoms with Crippen molar-refractivity contribution in [1.82, 2.24) is 9.55 Å². The SMILES string of the molecule is CCCc1sc2nc(SCC(=O)Nc3c(C)cc(Br)cc3CC)n(-c3cccc(C)c3)c(=O)c2c1C. The predicted octanol–water partition coefficient (Wildman–Crippen LogP) is 7.38. The van der Waals surface area contributed by atoms with Gasteiger partial charge in [0.1, 0.15) is 4.83 Å². The van der Waals surface area contributed by atoms with Crippen molar-refractivity contribution in [2.24, 2.45) is 0 Å². The number of thioether (sulfide) groups is 1. The molecule has 1 amide bonds. The number of amides is 1. The van der Waals surface area contributed by atoms with Gasteiger partial charge in [0, 0.05) is 15.0 Å². The molecule has 1 N–H and O–H groups in total. The van der Waals surface area contributed by atoms with Crippen molar-refractivity contribution >= 4 is 60.8 Å². The summed E-state index contributed by atoms with van der Waals surface area (Å²) >= 11 is 6.42. The molecule has 0 bridgehead atoms. The van der Waals surface area contributed by atoms with Gasteiger partial charge >= 0.3 is 0 Å². The molecule has 2 aromatic heterocycles. The largest absolute Gasteiger partial charge is 0.325 e. The van der Waals surface area contributed by atoms with Gasteiger partial charge < -0.3 is 5.32 Å². The Labute approximate surface area is 228 Å². The maximum absolute atomic E-state index is 13.8. The van der Waals surface area contributed by atoms with E-state index in [0.29, 0.717) is 10.5 Å². The van der Waals surface area contributed by atoms with E-state index in [-0.39, 0.29) is 17.2 Å². The molecule has 4 rings (SSSR count). The van der Waals surface area contributed by atoms with Crippen molar-refractivity contribution in [3.05, 3.63) is 78.4 Å². The third-order valence-corrected chi connectivity index (χ3v) is 8.77. The normalized spacial score (nSPS) is 11.3. The minimum absolute atomic E-state index is 0.0818. The van der Waals surface area contributed by atoms with Gasteiger partial charge in [0.25, 0.3) is 5.56 Å². The topological polar surface area (TPSA) is 64.0 Å². The molecule has 0 aliphatic carbocycles. The summed E-state index contributed by atoms with van der Waals surface area (Å²) in [5, 5.41) is 4.29. The average molecular weight is 585 g/mol. The number of anilines is 1. The van der Waals surface area contributed by atoms with Crippen LogP contribution >= 0.6 is 39.0 Å². The molecular weight excluding hydrogens is 554 g/mol. The van der Waals surface area contributed by atoms with Crippen LogP contribution in [0.5, 0.6) is 0 Å². The summed E-state index contributed by atoms with van der Waals surface area (Å²) in [5.74, 6) is 0.0218. The van der Waals surface area contributed by atoms with E-state index in [1.165, 1.54) is 16.6 Å². The number of fused-ring (bicyclic) bond motifs is 1. The zero-order valence-corrected chi connectivity index (χ0v) is 24.4. The summed E-state index contributed by atoms with van der Waals surface area (Å²) in [6.45, 7) is 10.2. The summed E-state index contributed by atoms with van der Waals surface area (Å²) in [6, 6.07) is 11.9. The van der Waals surface area contributed by atoms with Gasteiger partial charge in [-0.15, -0.1) is 11.3 Å². The smallest absolute Gasteiger partial charge is 0.267 e.